The molecule has 3 nitrogen and oxygen atoms in total. The summed E-state index contributed by atoms with van der Waals surface area (Å²) in [6.07, 6.45) is 4.37. The Bertz CT molecular complexity index is 444. The number of ether oxygens (including phenoxy) is 2. The maximum atomic E-state index is 14.2. The van der Waals surface area contributed by atoms with Gasteiger partial charge in [-0.15, -0.1) is 0 Å². The van der Waals surface area contributed by atoms with Crippen LogP contribution >= 0.6 is 0 Å². The molecular weight excluding hydrogens is 271 g/mol. The van der Waals surface area contributed by atoms with E-state index in [0.29, 0.717) is 23.8 Å². The van der Waals surface area contributed by atoms with Crippen LogP contribution in [0.4, 0.5) is 4.39 Å². The van der Waals surface area contributed by atoms with Crippen LogP contribution in [-0.4, -0.2) is 24.9 Å². The Hall–Kier alpha value is -1.13. The molecule has 0 amide bonds. The molecule has 0 saturated heterocycles. The lowest BCUT2D eigenvalue weighted by Gasteiger charge is -2.33. The number of aliphatic hydroxyl groups excluding tert-OH is 1. The molecule has 1 aromatic carbocycles. The summed E-state index contributed by atoms with van der Waals surface area (Å²) in [4.78, 5) is 0. The van der Waals surface area contributed by atoms with E-state index in [1.54, 1.807) is 12.1 Å². The van der Waals surface area contributed by atoms with Gasteiger partial charge in [-0.2, -0.15) is 0 Å². The third-order valence-corrected chi connectivity index (χ3v) is 4.31. The van der Waals surface area contributed by atoms with Crippen LogP contribution in [0.15, 0.2) is 18.2 Å². The summed E-state index contributed by atoms with van der Waals surface area (Å²) in [5, 5.41) is 10.6. The zero-order valence-corrected chi connectivity index (χ0v) is 12.8. The van der Waals surface area contributed by atoms with E-state index in [-0.39, 0.29) is 6.10 Å². The van der Waals surface area contributed by atoms with Gasteiger partial charge in [0.05, 0.1) is 13.2 Å². The van der Waals surface area contributed by atoms with Crippen LogP contribution in [0.25, 0.3) is 0 Å². The highest BCUT2D eigenvalue weighted by atomic mass is 19.1. The molecule has 0 aromatic heterocycles. The van der Waals surface area contributed by atoms with Crippen molar-refractivity contribution in [3.63, 3.8) is 0 Å². The van der Waals surface area contributed by atoms with Crippen molar-refractivity contribution in [3.05, 3.63) is 29.6 Å². The number of hydrogen-bond acceptors (Lipinski definition) is 3. The topological polar surface area (TPSA) is 38.7 Å². The second-order valence-electron chi connectivity index (χ2n) is 5.65. The first-order chi connectivity index (χ1) is 10.2. The molecule has 0 bridgehead atoms. The number of halogens is 1. The molecule has 2 rings (SSSR count). The Balaban J connectivity index is 2.18. The first-order valence-corrected chi connectivity index (χ1v) is 7.80. The van der Waals surface area contributed by atoms with E-state index in [9.17, 15) is 9.50 Å². The van der Waals surface area contributed by atoms with Crippen LogP contribution < -0.4 is 4.74 Å². The Morgan fingerprint density at radius 3 is 2.57 bits per heavy atom. The second-order valence-corrected chi connectivity index (χ2v) is 5.65. The van der Waals surface area contributed by atoms with Gasteiger partial charge in [0.1, 0.15) is 17.7 Å². The van der Waals surface area contributed by atoms with Crippen LogP contribution in [0.1, 0.15) is 50.7 Å². The average molecular weight is 296 g/mol. The van der Waals surface area contributed by atoms with Gasteiger partial charge in [-0.3, -0.25) is 0 Å². The predicted octanol–water partition coefficient (Wildman–Crippen LogP) is 3.85. The molecule has 4 heteroatoms. The molecule has 0 aliphatic heterocycles. The molecule has 1 N–H and O–H groups in total. The smallest absolute Gasteiger partial charge is 0.132 e. The molecule has 0 heterocycles. The lowest BCUT2D eigenvalue weighted by Crippen LogP contribution is -2.32. The summed E-state index contributed by atoms with van der Waals surface area (Å²) in [6, 6.07) is 4.57. The normalized spacial score (nSPS) is 19.2. The third kappa shape index (κ3) is 3.95. The minimum atomic E-state index is -0.932. The second kappa shape index (κ2) is 7.76. The van der Waals surface area contributed by atoms with Gasteiger partial charge >= 0.3 is 0 Å². The molecule has 1 saturated carbocycles. The Kier molecular flexibility index (Phi) is 6.00. The Labute approximate surface area is 126 Å². The lowest BCUT2D eigenvalue weighted by atomic mass is 9.81. The van der Waals surface area contributed by atoms with Crippen molar-refractivity contribution >= 4 is 0 Å². The monoisotopic (exact) mass is 296 g/mol. The van der Waals surface area contributed by atoms with Crippen LogP contribution in [-0.2, 0) is 4.74 Å². The Morgan fingerprint density at radius 1 is 1.29 bits per heavy atom. The quantitative estimate of drug-likeness (QED) is 0.866. The molecule has 0 spiro atoms. The van der Waals surface area contributed by atoms with E-state index in [4.69, 9.17) is 9.47 Å². The maximum Gasteiger partial charge on any atom is 0.132 e. The van der Waals surface area contributed by atoms with Crippen LogP contribution in [0, 0.1) is 11.7 Å². The van der Waals surface area contributed by atoms with E-state index in [2.05, 4.69) is 0 Å². The van der Waals surface area contributed by atoms with Gasteiger partial charge in [0.25, 0.3) is 0 Å². The maximum absolute atomic E-state index is 14.2. The number of benzene rings is 1. The molecule has 1 aliphatic rings. The summed E-state index contributed by atoms with van der Waals surface area (Å²) >= 11 is 0. The molecule has 1 fully saturated rings. The van der Waals surface area contributed by atoms with Crippen LogP contribution in [0.5, 0.6) is 5.75 Å². The van der Waals surface area contributed by atoms with E-state index in [0.717, 1.165) is 25.7 Å². The van der Waals surface area contributed by atoms with E-state index < -0.39 is 11.9 Å². The van der Waals surface area contributed by atoms with Crippen molar-refractivity contribution in [2.45, 2.75) is 51.2 Å². The lowest BCUT2D eigenvalue weighted by molar-refractivity contribution is -0.0750. The molecule has 2 atom stereocenters. The van der Waals surface area contributed by atoms with Gasteiger partial charge in [0.2, 0.25) is 0 Å². The third-order valence-electron chi connectivity index (χ3n) is 4.31. The summed E-state index contributed by atoms with van der Waals surface area (Å²) in [6.45, 7) is 2.43. The summed E-state index contributed by atoms with van der Waals surface area (Å²) < 4.78 is 24.9. The molecule has 118 valence electrons. The molecule has 1 aromatic rings. The summed E-state index contributed by atoms with van der Waals surface area (Å²) in [5.41, 5.74) is 0.292. The van der Waals surface area contributed by atoms with Gasteiger partial charge < -0.3 is 14.6 Å². The largest absolute Gasteiger partial charge is 0.497 e. The van der Waals surface area contributed by atoms with Gasteiger partial charge in [-0.1, -0.05) is 19.3 Å². The number of hydrogen-bond donors (Lipinski definition) is 1. The summed E-state index contributed by atoms with van der Waals surface area (Å²) in [5.74, 6) is 0.312. The predicted molar refractivity (Wildman–Crippen MR) is 79.9 cm³/mol. The minimum absolute atomic E-state index is 0.292. The van der Waals surface area contributed by atoms with Crippen molar-refractivity contribution < 1.29 is 19.0 Å². The zero-order chi connectivity index (χ0) is 15.2. The van der Waals surface area contributed by atoms with Crippen molar-refractivity contribution in [1.29, 1.82) is 0 Å². The zero-order valence-electron chi connectivity index (χ0n) is 12.8. The van der Waals surface area contributed by atoms with E-state index in [1.807, 2.05) is 6.92 Å². The fourth-order valence-corrected chi connectivity index (χ4v) is 3.19. The van der Waals surface area contributed by atoms with Crippen LogP contribution in [0.2, 0.25) is 0 Å². The van der Waals surface area contributed by atoms with Gasteiger partial charge in [0, 0.05) is 18.2 Å². The highest BCUT2D eigenvalue weighted by molar-refractivity contribution is 5.30. The van der Waals surface area contributed by atoms with E-state index in [1.165, 1.54) is 19.6 Å². The van der Waals surface area contributed by atoms with Crippen molar-refractivity contribution in [2.24, 2.45) is 5.92 Å². The molecule has 0 radical (unpaired) electrons. The molecule has 1 aliphatic carbocycles. The number of aliphatic hydroxyl groups is 1. The SMILES string of the molecule is CCOC(C1CCCCC1)C(O)c1ccc(OC)cc1F. The average Bonchev–Trinajstić information content (AvgIpc) is 2.52. The van der Waals surface area contributed by atoms with Gasteiger partial charge in [-0.05, 0) is 37.8 Å². The van der Waals surface area contributed by atoms with Gasteiger partial charge in [0.15, 0.2) is 0 Å². The number of methoxy groups -OCH3 is 1. The van der Waals surface area contributed by atoms with Gasteiger partial charge in [-0.25, -0.2) is 4.39 Å². The fraction of sp³-hybridized carbons (Fsp3) is 0.647. The molecule has 21 heavy (non-hydrogen) atoms. The minimum Gasteiger partial charge on any atom is -0.497 e. The highest BCUT2D eigenvalue weighted by Crippen LogP contribution is 2.35. The fourth-order valence-electron chi connectivity index (χ4n) is 3.19. The van der Waals surface area contributed by atoms with Crippen molar-refractivity contribution in [3.8, 4) is 5.75 Å². The first kappa shape index (κ1) is 16.2. The van der Waals surface area contributed by atoms with E-state index >= 15 is 0 Å². The first-order valence-electron chi connectivity index (χ1n) is 7.80. The van der Waals surface area contributed by atoms with Crippen molar-refractivity contribution in [2.75, 3.05) is 13.7 Å². The molecule has 2 unspecified atom stereocenters. The molecular formula is C17H25FO3. The standard InChI is InChI=1S/C17H25FO3/c1-3-21-17(12-7-5-4-6-8-12)16(19)14-10-9-13(20-2)11-15(14)18/h9-12,16-17,19H,3-8H2,1-2H3. The highest BCUT2D eigenvalue weighted by Gasteiger charge is 2.32. The van der Waals surface area contributed by atoms with Crippen LogP contribution in [0.3, 0.4) is 0 Å². The summed E-state index contributed by atoms with van der Waals surface area (Å²) in [7, 11) is 1.50. The number of rotatable bonds is 6. The Morgan fingerprint density at radius 2 is 2.00 bits per heavy atom. The van der Waals surface area contributed by atoms with Crippen molar-refractivity contribution in [1.82, 2.24) is 0 Å².